The second-order valence-electron chi connectivity index (χ2n) is 4.96. The summed E-state index contributed by atoms with van der Waals surface area (Å²) in [6.07, 6.45) is 0.711. The van der Waals surface area contributed by atoms with Crippen LogP contribution < -0.4 is 5.32 Å². The van der Waals surface area contributed by atoms with Crippen molar-refractivity contribution >= 4 is 11.9 Å². The van der Waals surface area contributed by atoms with Crippen molar-refractivity contribution in [2.24, 2.45) is 11.3 Å². The number of rotatable bonds is 4. The topological polar surface area (TPSA) is 66.4 Å². The highest BCUT2D eigenvalue weighted by Gasteiger charge is 2.33. The van der Waals surface area contributed by atoms with Crippen LogP contribution in [0.15, 0.2) is 0 Å². The number of carbonyl (C=O) groups excluding carboxylic acids is 1. The molecule has 2 atom stereocenters. The number of carboxylic acids is 1. The second-order valence-corrected chi connectivity index (χ2v) is 4.96. The minimum absolute atomic E-state index is 0.144. The zero-order valence-electron chi connectivity index (χ0n) is 10.1. The number of carboxylic acid groups (broad SMARTS) is 1. The van der Waals surface area contributed by atoms with E-state index in [2.05, 4.69) is 5.32 Å². The Hall–Kier alpha value is -1.06. The fourth-order valence-electron chi connectivity index (χ4n) is 1.12. The van der Waals surface area contributed by atoms with E-state index >= 15 is 0 Å². The van der Waals surface area contributed by atoms with E-state index in [-0.39, 0.29) is 11.8 Å². The molecule has 0 bridgehead atoms. The Labute approximate surface area is 91.1 Å². The molecule has 0 heterocycles. The van der Waals surface area contributed by atoms with Gasteiger partial charge >= 0.3 is 5.97 Å². The molecule has 4 heteroatoms. The maximum Gasteiger partial charge on any atom is 0.326 e. The molecule has 0 fully saturated rings. The molecule has 0 saturated carbocycles. The molecule has 88 valence electrons. The molecule has 0 aromatic carbocycles. The quantitative estimate of drug-likeness (QED) is 0.749. The van der Waals surface area contributed by atoms with Gasteiger partial charge in [0.15, 0.2) is 0 Å². The summed E-state index contributed by atoms with van der Waals surface area (Å²) in [5.41, 5.74) is -0.477. The monoisotopic (exact) mass is 215 g/mol. The highest BCUT2D eigenvalue weighted by Crippen LogP contribution is 2.20. The molecule has 2 N–H and O–H groups in total. The van der Waals surface area contributed by atoms with Gasteiger partial charge in [0.25, 0.3) is 0 Å². The summed E-state index contributed by atoms with van der Waals surface area (Å²) in [5.74, 6) is -1.33. The Balaban J connectivity index is 4.58. The molecule has 0 aliphatic heterocycles. The van der Waals surface area contributed by atoms with E-state index in [0.29, 0.717) is 6.42 Å². The van der Waals surface area contributed by atoms with Crippen LogP contribution in [0, 0.1) is 11.3 Å². The van der Waals surface area contributed by atoms with E-state index in [1.54, 1.807) is 27.7 Å². The zero-order valence-corrected chi connectivity index (χ0v) is 10.1. The fourth-order valence-corrected chi connectivity index (χ4v) is 1.12. The number of hydrogen-bond acceptors (Lipinski definition) is 2. The molecule has 0 aromatic rings. The maximum absolute atomic E-state index is 11.6. The minimum atomic E-state index is -0.987. The summed E-state index contributed by atoms with van der Waals surface area (Å²) in [5, 5.41) is 11.6. The van der Waals surface area contributed by atoms with Gasteiger partial charge in [-0.05, 0) is 11.8 Å². The summed E-state index contributed by atoms with van der Waals surface area (Å²) in [7, 11) is 0. The average molecular weight is 215 g/mol. The number of carbonyl (C=O) groups is 2. The smallest absolute Gasteiger partial charge is 0.326 e. The number of hydrogen-bond donors (Lipinski definition) is 2. The third-order valence-electron chi connectivity index (χ3n) is 2.46. The van der Waals surface area contributed by atoms with E-state index in [9.17, 15) is 9.59 Å². The number of aliphatic carboxylic acids is 1. The van der Waals surface area contributed by atoms with Crippen LogP contribution in [0.5, 0.6) is 0 Å². The molecule has 0 spiro atoms. The van der Waals surface area contributed by atoms with Gasteiger partial charge in [0.05, 0.1) is 0 Å². The average Bonchev–Trinajstić information content (AvgIpc) is 2.09. The first-order chi connectivity index (χ1) is 6.70. The Kier molecular flexibility index (Phi) is 4.78. The van der Waals surface area contributed by atoms with E-state index < -0.39 is 17.4 Å². The van der Waals surface area contributed by atoms with Gasteiger partial charge in [-0.2, -0.15) is 0 Å². The third-order valence-corrected chi connectivity index (χ3v) is 2.46. The van der Waals surface area contributed by atoms with Crippen LogP contribution in [0.2, 0.25) is 0 Å². The van der Waals surface area contributed by atoms with Crippen LogP contribution in [-0.2, 0) is 9.59 Å². The van der Waals surface area contributed by atoms with Gasteiger partial charge < -0.3 is 10.4 Å². The normalized spacial score (nSPS) is 15.5. The van der Waals surface area contributed by atoms with Gasteiger partial charge in [-0.25, -0.2) is 4.79 Å². The van der Waals surface area contributed by atoms with Gasteiger partial charge in [0.2, 0.25) is 5.91 Å². The first-order valence-electron chi connectivity index (χ1n) is 5.23. The highest BCUT2D eigenvalue weighted by atomic mass is 16.4. The molecule has 0 rings (SSSR count). The van der Waals surface area contributed by atoms with Crippen molar-refractivity contribution < 1.29 is 14.7 Å². The molecule has 4 nitrogen and oxygen atoms in total. The maximum atomic E-state index is 11.6. The molecule has 1 amide bonds. The van der Waals surface area contributed by atoms with Gasteiger partial charge in [-0.1, -0.05) is 34.6 Å². The standard InChI is InChI=1S/C11H21NO3/c1-6-7(2)9(13)12-8(10(14)15)11(3,4)5/h7-8H,6H2,1-5H3,(H,12,13)(H,14,15). The summed E-state index contributed by atoms with van der Waals surface area (Å²) >= 11 is 0. The fraction of sp³-hybridized carbons (Fsp3) is 0.818. The Morgan fingerprint density at radius 3 is 2.07 bits per heavy atom. The van der Waals surface area contributed by atoms with Crippen molar-refractivity contribution in [1.29, 1.82) is 0 Å². The molecular formula is C11H21NO3. The lowest BCUT2D eigenvalue weighted by molar-refractivity contribution is -0.145. The third kappa shape index (κ3) is 4.32. The van der Waals surface area contributed by atoms with Crippen LogP contribution in [-0.4, -0.2) is 23.0 Å². The Morgan fingerprint density at radius 2 is 1.80 bits per heavy atom. The van der Waals surface area contributed by atoms with E-state index in [1.807, 2.05) is 6.92 Å². The largest absolute Gasteiger partial charge is 0.480 e. The van der Waals surface area contributed by atoms with Crippen molar-refractivity contribution in [1.82, 2.24) is 5.32 Å². The first-order valence-corrected chi connectivity index (χ1v) is 5.23. The van der Waals surface area contributed by atoms with Crippen molar-refractivity contribution in [3.05, 3.63) is 0 Å². The molecular weight excluding hydrogens is 194 g/mol. The van der Waals surface area contributed by atoms with Gasteiger partial charge in [0.1, 0.15) is 6.04 Å². The second kappa shape index (κ2) is 5.14. The first kappa shape index (κ1) is 13.9. The molecule has 0 saturated heterocycles. The van der Waals surface area contributed by atoms with Crippen LogP contribution in [0.25, 0.3) is 0 Å². The van der Waals surface area contributed by atoms with Crippen LogP contribution in [0.1, 0.15) is 41.0 Å². The number of amides is 1. The summed E-state index contributed by atoms with van der Waals surface area (Å²) in [6.45, 7) is 9.07. The van der Waals surface area contributed by atoms with E-state index in [4.69, 9.17) is 5.11 Å². The van der Waals surface area contributed by atoms with E-state index in [1.165, 1.54) is 0 Å². The van der Waals surface area contributed by atoms with Gasteiger partial charge in [-0.15, -0.1) is 0 Å². The lowest BCUT2D eigenvalue weighted by atomic mass is 9.86. The van der Waals surface area contributed by atoms with Gasteiger partial charge in [-0.3, -0.25) is 4.79 Å². The lowest BCUT2D eigenvalue weighted by Crippen LogP contribution is -2.50. The molecule has 2 unspecified atom stereocenters. The molecule has 0 aliphatic rings. The predicted molar refractivity (Wildman–Crippen MR) is 58.5 cm³/mol. The van der Waals surface area contributed by atoms with Crippen LogP contribution in [0.3, 0.4) is 0 Å². The van der Waals surface area contributed by atoms with Crippen molar-refractivity contribution in [3.8, 4) is 0 Å². The zero-order chi connectivity index (χ0) is 12.2. The summed E-state index contributed by atoms with van der Waals surface area (Å²) in [4.78, 5) is 22.5. The van der Waals surface area contributed by atoms with Gasteiger partial charge in [0, 0.05) is 5.92 Å². The summed E-state index contributed by atoms with van der Waals surface area (Å²) in [6, 6.07) is -0.834. The minimum Gasteiger partial charge on any atom is -0.480 e. The van der Waals surface area contributed by atoms with Crippen molar-refractivity contribution in [3.63, 3.8) is 0 Å². The molecule has 0 aliphatic carbocycles. The molecule has 15 heavy (non-hydrogen) atoms. The Bertz CT molecular complexity index is 243. The van der Waals surface area contributed by atoms with Crippen molar-refractivity contribution in [2.75, 3.05) is 0 Å². The van der Waals surface area contributed by atoms with E-state index in [0.717, 1.165) is 0 Å². The molecule has 0 aromatic heterocycles. The van der Waals surface area contributed by atoms with Crippen LogP contribution >= 0.6 is 0 Å². The Morgan fingerprint density at radius 1 is 1.33 bits per heavy atom. The van der Waals surface area contributed by atoms with Crippen LogP contribution in [0.4, 0.5) is 0 Å². The number of nitrogens with one attached hydrogen (secondary N) is 1. The highest BCUT2D eigenvalue weighted by molar-refractivity contribution is 5.85. The predicted octanol–water partition coefficient (Wildman–Crippen LogP) is 1.65. The lowest BCUT2D eigenvalue weighted by Gasteiger charge is -2.28. The summed E-state index contributed by atoms with van der Waals surface area (Å²) < 4.78 is 0. The van der Waals surface area contributed by atoms with Crippen molar-refractivity contribution in [2.45, 2.75) is 47.1 Å². The SMILES string of the molecule is CCC(C)C(=O)NC(C(=O)O)C(C)(C)C. The molecule has 0 radical (unpaired) electrons.